The number of aliphatic hydroxyl groups excluding tert-OH is 4. The zero-order valence-corrected chi connectivity index (χ0v) is 10.9. The Hall–Kier alpha value is -0.680. The van der Waals surface area contributed by atoms with Gasteiger partial charge in [0.2, 0.25) is 0 Å². The van der Waals surface area contributed by atoms with Crippen molar-refractivity contribution in [3.63, 3.8) is 0 Å². The van der Waals surface area contributed by atoms with Gasteiger partial charge in [-0.15, -0.1) is 13.2 Å². The second-order valence-corrected chi connectivity index (χ2v) is 2.88. The van der Waals surface area contributed by atoms with Gasteiger partial charge in [0.25, 0.3) is 0 Å². The molecule has 0 aliphatic rings. The van der Waals surface area contributed by atoms with Crippen molar-refractivity contribution in [3.05, 3.63) is 25.3 Å². The van der Waals surface area contributed by atoms with E-state index in [2.05, 4.69) is 13.2 Å². The van der Waals surface area contributed by atoms with Crippen molar-refractivity contribution in [2.24, 2.45) is 0 Å². The Morgan fingerprint density at radius 3 is 0.938 bits per heavy atom. The molecule has 100 valence electrons. The molecule has 2 atom stereocenters. The van der Waals surface area contributed by atoms with E-state index in [0.29, 0.717) is 0 Å². The van der Waals surface area contributed by atoms with E-state index >= 15 is 0 Å². The molecule has 0 aliphatic heterocycles. The van der Waals surface area contributed by atoms with Gasteiger partial charge >= 0.3 is 0 Å². The molecule has 0 saturated carbocycles. The van der Waals surface area contributed by atoms with Gasteiger partial charge in [-0.05, 0) is 27.7 Å². The second kappa shape index (κ2) is 29.2. The first-order chi connectivity index (χ1) is 7.37. The fourth-order valence-electron chi connectivity index (χ4n) is 0. The highest BCUT2D eigenvalue weighted by Gasteiger charge is 1.83. The monoisotopic (exact) mass is 236 g/mol. The lowest BCUT2D eigenvalue weighted by atomic mass is 10.5. The summed E-state index contributed by atoms with van der Waals surface area (Å²) in [5.41, 5.74) is 0. The predicted octanol–water partition coefficient (Wildman–Crippen LogP) is 1.10. The van der Waals surface area contributed by atoms with E-state index < -0.39 is 12.2 Å². The molecule has 2 unspecified atom stereocenters. The third-order valence-electron chi connectivity index (χ3n) is 0.528. The molecule has 0 bridgehead atoms. The number of aliphatic hydroxyl groups is 4. The highest BCUT2D eigenvalue weighted by Crippen LogP contribution is 1.69. The van der Waals surface area contributed by atoms with Crippen molar-refractivity contribution < 1.29 is 20.4 Å². The molecule has 0 fully saturated rings. The van der Waals surface area contributed by atoms with E-state index in [9.17, 15) is 0 Å². The van der Waals surface area contributed by atoms with Crippen molar-refractivity contribution in [3.8, 4) is 0 Å². The molecule has 0 rings (SSSR count). The third-order valence-corrected chi connectivity index (χ3v) is 0.528. The highest BCUT2D eigenvalue weighted by molar-refractivity contribution is 4.52. The van der Waals surface area contributed by atoms with Gasteiger partial charge in [-0.3, -0.25) is 0 Å². The lowest BCUT2D eigenvalue weighted by Crippen LogP contribution is -2.03. The summed E-state index contributed by atoms with van der Waals surface area (Å²) in [5, 5.41) is 32.0. The van der Waals surface area contributed by atoms with Crippen molar-refractivity contribution in [2.45, 2.75) is 39.9 Å². The Kier molecular flexibility index (Phi) is 44.8. The van der Waals surface area contributed by atoms with E-state index in [0.717, 1.165) is 0 Å². The topological polar surface area (TPSA) is 80.9 Å². The Labute approximate surface area is 99.6 Å². The van der Waals surface area contributed by atoms with Crippen LogP contribution in [0.5, 0.6) is 0 Å². The number of allylic oxidation sites excluding steroid dienone is 2. The van der Waals surface area contributed by atoms with Crippen LogP contribution in [0.1, 0.15) is 27.7 Å². The molecule has 0 aromatic heterocycles. The normalized spacial score (nSPS) is 11.0. The lowest BCUT2D eigenvalue weighted by molar-refractivity contribution is 0.110. The van der Waals surface area contributed by atoms with Crippen LogP contribution < -0.4 is 0 Å². The van der Waals surface area contributed by atoms with Gasteiger partial charge in [0, 0.05) is 0 Å². The van der Waals surface area contributed by atoms with Crippen LogP contribution >= 0.6 is 0 Å². The first kappa shape index (κ1) is 24.5. The smallest absolute Gasteiger partial charge is 0.0742 e. The van der Waals surface area contributed by atoms with Crippen molar-refractivity contribution in [2.75, 3.05) is 13.2 Å². The largest absolute Gasteiger partial charge is 0.394 e. The molecule has 4 N–H and O–H groups in total. The Bertz CT molecular complexity index is 97.6. The third kappa shape index (κ3) is 183. The Morgan fingerprint density at radius 2 is 0.938 bits per heavy atom. The highest BCUT2D eigenvalue weighted by atomic mass is 16.3. The first-order valence-corrected chi connectivity index (χ1v) is 5.09. The molecular formula is C12H28O4. The van der Waals surface area contributed by atoms with Gasteiger partial charge < -0.3 is 20.4 Å². The summed E-state index contributed by atoms with van der Waals surface area (Å²) in [7, 11) is 0. The fraction of sp³-hybridized carbons (Fsp3) is 0.667. The molecule has 0 aromatic rings. The molecule has 4 nitrogen and oxygen atoms in total. The van der Waals surface area contributed by atoms with Gasteiger partial charge in [0.15, 0.2) is 0 Å². The molecule has 0 saturated heterocycles. The summed E-state index contributed by atoms with van der Waals surface area (Å²) in [6, 6.07) is 0. The van der Waals surface area contributed by atoms with Crippen LogP contribution in [0.2, 0.25) is 0 Å². The number of hydrogen-bond acceptors (Lipinski definition) is 4. The molecule has 0 radical (unpaired) electrons. The van der Waals surface area contributed by atoms with Crippen LogP contribution in [0.15, 0.2) is 25.3 Å². The molecule has 0 amide bonds. The van der Waals surface area contributed by atoms with Crippen LogP contribution in [-0.2, 0) is 0 Å². The quantitative estimate of drug-likeness (QED) is 0.541. The summed E-state index contributed by atoms with van der Waals surface area (Å²) in [6.45, 7) is 13.3. The van der Waals surface area contributed by atoms with Gasteiger partial charge in [-0.2, -0.15) is 0 Å². The zero-order valence-electron chi connectivity index (χ0n) is 10.9. The SMILES string of the molecule is C=CC.C=CC.CC(O)CO.CC(O)CO. The average Bonchev–Trinajstić information content (AvgIpc) is 2.21. The van der Waals surface area contributed by atoms with Crippen LogP contribution in [0.25, 0.3) is 0 Å². The maximum absolute atomic E-state index is 8.11. The maximum atomic E-state index is 8.11. The van der Waals surface area contributed by atoms with Crippen LogP contribution in [-0.4, -0.2) is 45.8 Å². The minimum Gasteiger partial charge on any atom is -0.394 e. The van der Waals surface area contributed by atoms with E-state index in [1.54, 1.807) is 12.2 Å². The van der Waals surface area contributed by atoms with Crippen LogP contribution in [0.4, 0.5) is 0 Å². The molecule has 0 heterocycles. The van der Waals surface area contributed by atoms with Gasteiger partial charge in [0.1, 0.15) is 0 Å². The molecular weight excluding hydrogens is 208 g/mol. The standard InChI is InChI=1S/2C3H8O2.2C3H6/c2*1-3(5)2-4;2*1-3-2/h2*3-5H,2H2,1H3;2*3H,1H2,2H3. The Balaban J connectivity index is -0.0000000621. The van der Waals surface area contributed by atoms with Gasteiger partial charge in [-0.25, -0.2) is 0 Å². The molecule has 4 heteroatoms. The minimum atomic E-state index is -0.560. The molecule has 0 spiro atoms. The van der Waals surface area contributed by atoms with E-state index in [-0.39, 0.29) is 13.2 Å². The van der Waals surface area contributed by atoms with E-state index in [4.69, 9.17) is 20.4 Å². The van der Waals surface area contributed by atoms with Crippen molar-refractivity contribution in [1.82, 2.24) is 0 Å². The van der Waals surface area contributed by atoms with Gasteiger partial charge in [0.05, 0.1) is 25.4 Å². The molecule has 0 aromatic carbocycles. The van der Waals surface area contributed by atoms with Gasteiger partial charge in [-0.1, -0.05) is 12.2 Å². The van der Waals surface area contributed by atoms with Crippen LogP contribution in [0, 0.1) is 0 Å². The van der Waals surface area contributed by atoms with Crippen LogP contribution in [0.3, 0.4) is 0 Å². The average molecular weight is 236 g/mol. The van der Waals surface area contributed by atoms with E-state index in [1.165, 1.54) is 13.8 Å². The number of hydrogen-bond donors (Lipinski definition) is 4. The first-order valence-electron chi connectivity index (χ1n) is 5.09. The van der Waals surface area contributed by atoms with E-state index in [1.807, 2.05) is 13.8 Å². The predicted molar refractivity (Wildman–Crippen MR) is 69.3 cm³/mol. The summed E-state index contributed by atoms with van der Waals surface area (Å²) in [4.78, 5) is 0. The summed E-state index contributed by atoms with van der Waals surface area (Å²) >= 11 is 0. The zero-order chi connectivity index (χ0) is 14.0. The lowest BCUT2D eigenvalue weighted by Gasteiger charge is -1.90. The summed E-state index contributed by atoms with van der Waals surface area (Å²) in [6.07, 6.45) is 2.38. The minimum absolute atomic E-state index is 0.139. The molecule has 16 heavy (non-hydrogen) atoms. The summed E-state index contributed by atoms with van der Waals surface area (Å²) < 4.78 is 0. The second-order valence-electron chi connectivity index (χ2n) is 2.88. The molecule has 0 aliphatic carbocycles. The fourth-order valence-corrected chi connectivity index (χ4v) is 0. The maximum Gasteiger partial charge on any atom is 0.0742 e. The number of rotatable bonds is 2. The Morgan fingerprint density at radius 1 is 0.875 bits per heavy atom. The van der Waals surface area contributed by atoms with Crippen molar-refractivity contribution >= 4 is 0 Å². The summed E-state index contributed by atoms with van der Waals surface area (Å²) in [5.74, 6) is 0. The van der Waals surface area contributed by atoms with Crippen molar-refractivity contribution in [1.29, 1.82) is 0 Å².